The highest BCUT2D eigenvalue weighted by Gasteiger charge is 2.30. The van der Waals surface area contributed by atoms with E-state index >= 15 is 0 Å². The standard InChI is InChI=1S/C22H19INO4S/c1-22(2,23)21(25)28-17-10-14-20(15-11-17)29(18-6-4-3-5-7-18)19-12-8-16(9-13-19)24(26)27/h3-15H,1-2H3/q+1. The Bertz CT molecular complexity index is 1000. The number of ether oxygens (including phenoxy) is 1. The molecule has 7 heteroatoms. The summed E-state index contributed by atoms with van der Waals surface area (Å²) in [4.78, 5) is 25.8. The minimum Gasteiger partial charge on any atom is -0.426 e. The van der Waals surface area contributed by atoms with Crippen LogP contribution in [0.5, 0.6) is 5.75 Å². The number of rotatable bonds is 6. The van der Waals surface area contributed by atoms with Crippen molar-refractivity contribution in [3.8, 4) is 5.75 Å². The first kappa shape index (κ1) is 21.3. The van der Waals surface area contributed by atoms with Crippen LogP contribution in [0.1, 0.15) is 13.8 Å². The van der Waals surface area contributed by atoms with Crippen molar-refractivity contribution < 1.29 is 14.5 Å². The van der Waals surface area contributed by atoms with Crippen LogP contribution in [-0.2, 0) is 15.7 Å². The van der Waals surface area contributed by atoms with E-state index in [2.05, 4.69) is 0 Å². The monoisotopic (exact) mass is 520 g/mol. The number of nitro groups is 1. The molecule has 0 saturated carbocycles. The molecule has 0 amide bonds. The minimum atomic E-state index is -0.608. The summed E-state index contributed by atoms with van der Waals surface area (Å²) in [5.74, 6) is 0.187. The molecule has 3 rings (SSSR count). The number of hydrogen-bond acceptors (Lipinski definition) is 4. The molecule has 0 aliphatic heterocycles. The molecule has 0 N–H and O–H groups in total. The first-order chi connectivity index (χ1) is 13.8. The van der Waals surface area contributed by atoms with Crippen molar-refractivity contribution in [1.29, 1.82) is 0 Å². The van der Waals surface area contributed by atoms with Crippen molar-refractivity contribution >= 4 is 45.1 Å². The number of nitrogens with zero attached hydrogens (tertiary/aromatic N) is 1. The molecule has 1 atom stereocenters. The van der Waals surface area contributed by atoms with Gasteiger partial charge in [-0.05, 0) is 50.2 Å². The lowest BCUT2D eigenvalue weighted by Crippen LogP contribution is -2.28. The predicted octanol–water partition coefficient (Wildman–Crippen LogP) is 5.81. The molecule has 1 unspecified atom stereocenters. The number of halogens is 1. The van der Waals surface area contributed by atoms with Crippen molar-refractivity contribution in [3.63, 3.8) is 0 Å². The zero-order valence-electron chi connectivity index (χ0n) is 15.9. The van der Waals surface area contributed by atoms with Crippen molar-refractivity contribution in [2.75, 3.05) is 0 Å². The zero-order valence-corrected chi connectivity index (χ0v) is 18.8. The van der Waals surface area contributed by atoms with E-state index in [-0.39, 0.29) is 11.7 Å². The summed E-state index contributed by atoms with van der Waals surface area (Å²) in [5, 5.41) is 11.0. The molecule has 5 nitrogen and oxygen atoms in total. The van der Waals surface area contributed by atoms with Gasteiger partial charge in [0.2, 0.25) is 0 Å². The quantitative estimate of drug-likeness (QED) is 0.0783. The van der Waals surface area contributed by atoms with Gasteiger partial charge < -0.3 is 4.74 Å². The number of hydrogen-bond donors (Lipinski definition) is 0. The second-order valence-electron chi connectivity index (χ2n) is 6.70. The van der Waals surface area contributed by atoms with E-state index in [1.54, 1.807) is 38.1 Å². The summed E-state index contributed by atoms with van der Waals surface area (Å²) in [6.07, 6.45) is 0. The van der Waals surface area contributed by atoms with Crippen molar-refractivity contribution in [2.24, 2.45) is 0 Å². The zero-order chi connectivity index (χ0) is 21.0. The molecule has 29 heavy (non-hydrogen) atoms. The number of esters is 1. The Kier molecular flexibility index (Phi) is 6.59. The van der Waals surface area contributed by atoms with Gasteiger partial charge in [0, 0.05) is 24.3 Å². The molecule has 3 aromatic rings. The predicted molar refractivity (Wildman–Crippen MR) is 122 cm³/mol. The highest BCUT2D eigenvalue weighted by molar-refractivity contribution is 14.1. The van der Waals surface area contributed by atoms with Gasteiger partial charge in [0.1, 0.15) is 9.17 Å². The molecule has 0 bridgehead atoms. The van der Waals surface area contributed by atoms with Crippen LogP contribution >= 0.6 is 22.6 Å². The molecular weight excluding hydrogens is 501 g/mol. The summed E-state index contributed by atoms with van der Waals surface area (Å²) >= 11 is 2.05. The lowest BCUT2D eigenvalue weighted by molar-refractivity contribution is -0.384. The van der Waals surface area contributed by atoms with Gasteiger partial charge in [-0.1, -0.05) is 40.8 Å². The SMILES string of the molecule is CC(C)(I)C(=O)Oc1ccc([S+](c2ccccc2)c2ccc([N+](=O)[O-])cc2)cc1. The lowest BCUT2D eigenvalue weighted by atomic mass is 10.2. The van der Waals surface area contributed by atoms with Gasteiger partial charge in [0.05, 0.1) is 15.8 Å². The Hall–Kier alpha value is -2.39. The topological polar surface area (TPSA) is 69.4 Å². The average Bonchev–Trinajstić information content (AvgIpc) is 2.70. The van der Waals surface area contributed by atoms with E-state index in [0.29, 0.717) is 5.75 Å². The van der Waals surface area contributed by atoms with Gasteiger partial charge in [-0.2, -0.15) is 0 Å². The van der Waals surface area contributed by atoms with Crippen LogP contribution in [0.4, 0.5) is 5.69 Å². The van der Waals surface area contributed by atoms with E-state index in [1.165, 1.54) is 12.1 Å². The fraction of sp³-hybridized carbons (Fsp3) is 0.136. The van der Waals surface area contributed by atoms with Gasteiger partial charge >= 0.3 is 5.97 Å². The van der Waals surface area contributed by atoms with Crippen LogP contribution in [0.3, 0.4) is 0 Å². The molecule has 3 aromatic carbocycles. The van der Waals surface area contributed by atoms with Gasteiger partial charge in [0.25, 0.3) is 5.69 Å². The van der Waals surface area contributed by atoms with Crippen LogP contribution in [0.25, 0.3) is 0 Å². The van der Waals surface area contributed by atoms with E-state index < -0.39 is 19.2 Å². The molecule has 0 aromatic heterocycles. The number of benzene rings is 3. The van der Waals surface area contributed by atoms with E-state index in [0.717, 1.165) is 14.7 Å². The van der Waals surface area contributed by atoms with Crippen LogP contribution in [0, 0.1) is 10.1 Å². The third-order valence-electron chi connectivity index (χ3n) is 4.02. The molecule has 0 spiro atoms. The lowest BCUT2D eigenvalue weighted by Gasteiger charge is -2.14. The number of nitro benzene ring substituents is 1. The normalized spacial score (nSPS) is 12.2. The average molecular weight is 520 g/mol. The Labute approximate surface area is 185 Å². The Balaban J connectivity index is 1.95. The molecule has 0 heterocycles. The van der Waals surface area contributed by atoms with Gasteiger partial charge in [-0.25, -0.2) is 0 Å². The second-order valence-corrected chi connectivity index (χ2v) is 11.4. The van der Waals surface area contributed by atoms with Crippen LogP contribution < -0.4 is 4.74 Å². The van der Waals surface area contributed by atoms with Crippen LogP contribution in [-0.4, -0.2) is 14.3 Å². The number of carbonyl (C=O) groups excluding carboxylic acids is 1. The van der Waals surface area contributed by atoms with E-state index in [9.17, 15) is 14.9 Å². The van der Waals surface area contributed by atoms with Gasteiger partial charge in [0.15, 0.2) is 14.7 Å². The minimum absolute atomic E-state index is 0.0639. The summed E-state index contributed by atoms with van der Waals surface area (Å²) in [6.45, 7) is 3.59. The first-order valence-electron chi connectivity index (χ1n) is 8.81. The maximum Gasteiger partial charge on any atom is 0.326 e. The highest BCUT2D eigenvalue weighted by atomic mass is 127. The maximum absolute atomic E-state index is 12.1. The molecule has 0 saturated heterocycles. The molecule has 0 aliphatic carbocycles. The van der Waals surface area contributed by atoms with Gasteiger partial charge in [-0.15, -0.1) is 0 Å². The van der Waals surface area contributed by atoms with E-state index in [4.69, 9.17) is 4.74 Å². The van der Waals surface area contributed by atoms with Crippen LogP contribution in [0.2, 0.25) is 0 Å². The fourth-order valence-electron chi connectivity index (χ4n) is 2.54. The Morgan fingerprint density at radius 3 is 1.86 bits per heavy atom. The number of alkyl halides is 1. The summed E-state index contributed by atoms with van der Waals surface area (Å²) in [5.41, 5.74) is 0.0639. The molecule has 0 aliphatic rings. The summed E-state index contributed by atoms with van der Waals surface area (Å²) in [7, 11) is -0.439. The Morgan fingerprint density at radius 1 is 0.897 bits per heavy atom. The Morgan fingerprint density at radius 2 is 1.38 bits per heavy atom. The number of non-ortho nitro benzene ring substituents is 1. The first-order valence-corrected chi connectivity index (χ1v) is 11.1. The second kappa shape index (κ2) is 8.96. The third kappa shape index (κ3) is 5.36. The van der Waals surface area contributed by atoms with E-state index in [1.807, 2.05) is 65.1 Å². The fourth-order valence-corrected chi connectivity index (χ4v) is 4.71. The highest BCUT2D eigenvalue weighted by Crippen LogP contribution is 2.33. The van der Waals surface area contributed by atoms with Crippen LogP contribution in [0.15, 0.2) is 93.5 Å². The summed E-state index contributed by atoms with van der Waals surface area (Å²) in [6, 6.07) is 24.0. The largest absolute Gasteiger partial charge is 0.426 e. The third-order valence-corrected chi connectivity index (χ3v) is 6.69. The summed E-state index contributed by atoms with van der Waals surface area (Å²) < 4.78 is 4.84. The van der Waals surface area contributed by atoms with Crippen molar-refractivity contribution in [1.82, 2.24) is 0 Å². The van der Waals surface area contributed by atoms with Gasteiger partial charge in [-0.3, -0.25) is 14.9 Å². The van der Waals surface area contributed by atoms with Crippen molar-refractivity contribution in [2.45, 2.75) is 32.0 Å². The molecule has 0 fully saturated rings. The number of carbonyl (C=O) groups is 1. The van der Waals surface area contributed by atoms with Crippen molar-refractivity contribution in [3.05, 3.63) is 89.0 Å². The molecular formula is C22H19INO4S+. The molecule has 0 radical (unpaired) electrons. The maximum atomic E-state index is 12.1. The molecule has 148 valence electrons. The smallest absolute Gasteiger partial charge is 0.326 e.